The van der Waals surface area contributed by atoms with Crippen molar-refractivity contribution in [2.45, 2.75) is 58.3 Å². The molecule has 3 aromatic rings. The average molecular weight is 541 g/mol. The Bertz CT molecular complexity index is 1120. The number of carbonyl (C=O) groups is 1. The van der Waals surface area contributed by atoms with E-state index in [1.54, 1.807) is 48.5 Å². The van der Waals surface area contributed by atoms with Gasteiger partial charge in [0.15, 0.2) is 11.6 Å². The number of hydrazine groups is 2. The Morgan fingerprint density at radius 3 is 2.08 bits per heavy atom. The summed E-state index contributed by atoms with van der Waals surface area (Å²) in [6, 6.07) is 17.5. The molecular formula is C31H42F2N4O2. The third-order valence-electron chi connectivity index (χ3n) is 6.17. The van der Waals surface area contributed by atoms with E-state index < -0.39 is 17.6 Å². The molecule has 0 bridgehead atoms. The maximum absolute atomic E-state index is 13.5. The zero-order valence-electron chi connectivity index (χ0n) is 23.3. The van der Waals surface area contributed by atoms with E-state index in [0.717, 1.165) is 11.6 Å². The highest BCUT2D eigenvalue weighted by Gasteiger charge is 2.10. The maximum Gasteiger partial charge on any atom is 0.336 e. The van der Waals surface area contributed by atoms with Crippen LogP contribution in [0.3, 0.4) is 0 Å². The van der Waals surface area contributed by atoms with E-state index >= 15 is 0 Å². The summed E-state index contributed by atoms with van der Waals surface area (Å²) in [4.78, 5) is 13.6. The molecule has 0 spiro atoms. The van der Waals surface area contributed by atoms with Gasteiger partial charge in [0.1, 0.15) is 0 Å². The zero-order valence-corrected chi connectivity index (χ0v) is 23.3. The van der Waals surface area contributed by atoms with Crippen LogP contribution in [0.15, 0.2) is 66.7 Å². The van der Waals surface area contributed by atoms with Gasteiger partial charge < -0.3 is 20.9 Å². The number of benzene rings is 3. The van der Waals surface area contributed by atoms with E-state index in [1.165, 1.54) is 70.0 Å². The van der Waals surface area contributed by atoms with Crippen LogP contribution < -0.4 is 16.4 Å². The van der Waals surface area contributed by atoms with Crippen molar-refractivity contribution in [1.82, 2.24) is 10.4 Å². The van der Waals surface area contributed by atoms with Gasteiger partial charge in [-0.1, -0.05) is 88.3 Å². The van der Waals surface area contributed by atoms with Gasteiger partial charge in [0.05, 0.1) is 16.9 Å². The van der Waals surface area contributed by atoms with Crippen LogP contribution in [-0.4, -0.2) is 36.6 Å². The molecule has 39 heavy (non-hydrogen) atoms. The number of rotatable bonds is 15. The summed E-state index contributed by atoms with van der Waals surface area (Å²) in [6.45, 7) is 3.53. The molecule has 0 aliphatic rings. The van der Waals surface area contributed by atoms with E-state index in [2.05, 4.69) is 42.3 Å². The SMILES string of the molecule is CCCCCCCCCCN(C)C.O=C(O)c1ccccc1-c1ccc(NNNc2cccc(F)c2F)cc1. The van der Waals surface area contributed by atoms with Gasteiger partial charge in [-0.05, 0) is 68.5 Å². The van der Waals surface area contributed by atoms with Crippen molar-refractivity contribution in [3.05, 3.63) is 83.9 Å². The summed E-state index contributed by atoms with van der Waals surface area (Å²) < 4.78 is 26.6. The number of unbranched alkanes of at least 4 members (excludes halogenated alkanes) is 7. The van der Waals surface area contributed by atoms with E-state index in [4.69, 9.17) is 0 Å². The summed E-state index contributed by atoms with van der Waals surface area (Å²) in [6.07, 6.45) is 11.4. The van der Waals surface area contributed by atoms with Gasteiger partial charge >= 0.3 is 5.97 Å². The molecule has 0 amide bonds. The second kappa shape index (κ2) is 17.9. The second-order valence-corrected chi connectivity index (χ2v) is 9.68. The molecule has 6 nitrogen and oxygen atoms in total. The fourth-order valence-corrected chi connectivity index (χ4v) is 3.99. The molecular weight excluding hydrogens is 498 g/mol. The van der Waals surface area contributed by atoms with Crippen molar-refractivity contribution in [1.29, 1.82) is 0 Å². The molecule has 212 valence electrons. The van der Waals surface area contributed by atoms with Gasteiger partial charge in [-0.3, -0.25) is 0 Å². The summed E-state index contributed by atoms with van der Waals surface area (Å²) >= 11 is 0. The Morgan fingerprint density at radius 1 is 0.795 bits per heavy atom. The minimum atomic E-state index is -0.995. The fourth-order valence-electron chi connectivity index (χ4n) is 3.99. The first-order chi connectivity index (χ1) is 18.8. The predicted molar refractivity (Wildman–Crippen MR) is 157 cm³/mol. The Morgan fingerprint density at radius 2 is 1.44 bits per heavy atom. The quantitative estimate of drug-likeness (QED) is 0.116. The molecule has 0 aliphatic carbocycles. The lowest BCUT2D eigenvalue weighted by molar-refractivity contribution is 0.0697. The minimum absolute atomic E-state index is 0.0375. The molecule has 0 aliphatic heterocycles. The molecule has 8 heteroatoms. The summed E-state index contributed by atoms with van der Waals surface area (Å²) in [5.41, 5.74) is 10.1. The van der Waals surface area contributed by atoms with Crippen molar-refractivity contribution in [3.63, 3.8) is 0 Å². The Balaban J connectivity index is 0.000000349. The molecule has 0 fully saturated rings. The van der Waals surface area contributed by atoms with Gasteiger partial charge in [-0.25, -0.2) is 13.6 Å². The number of aromatic carboxylic acids is 1. The average Bonchev–Trinajstić information content (AvgIpc) is 2.93. The molecule has 0 aromatic heterocycles. The lowest BCUT2D eigenvalue weighted by Gasteiger charge is -2.12. The van der Waals surface area contributed by atoms with E-state index in [0.29, 0.717) is 11.3 Å². The van der Waals surface area contributed by atoms with Crippen LogP contribution in [-0.2, 0) is 0 Å². The van der Waals surface area contributed by atoms with Gasteiger partial charge in [-0.2, -0.15) is 0 Å². The highest BCUT2D eigenvalue weighted by Crippen LogP contribution is 2.25. The van der Waals surface area contributed by atoms with E-state index in [9.17, 15) is 18.7 Å². The predicted octanol–water partition coefficient (Wildman–Crippen LogP) is 7.96. The van der Waals surface area contributed by atoms with Crippen molar-refractivity contribution >= 4 is 17.3 Å². The first kappa shape index (κ1) is 31.7. The van der Waals surface area contributed by atoms with Crippen molar-refractivity contribution in [3.8, 4) is 11.1 Å². The second-order valence-electron chi connectivity index (χ2n) is 9.68. The van der Waals surface area contributed by atoms with Gasteiger partial charge in [0.2, 0.25) is 0 Å². The third-order valence-corrected chi connectivity index (χ3v) is 6.17. The first-order valence-electron chi connectivity index (χ1n) is 13.6. The smallest absolute Gasteiger partial charge is 0.336 e. The van der Waals surface area contributed by atoms with Crippen LogP contribution in [0.1, 0.15) is 68.6 Å². The number of halogens is 2. The van der Waals surface area contributed by atoms with Crippen molar-refractivity contribution < 1.29 is 18.7 Å². The Hall–Kier alpha value is -3.49. The normalized spacial score (nSPS) is 10.6. The zero-order chi connectivity index (χ0) is 28.5. The highest BCUT2D eigenvalue weighted by atomic mass is 19.2. The molecule has 0 radical (unpaired) electrons. The molecule has 0 atom stereocenters. The third kappa shape index (κ3) is 11.8. The van der Waals surface area contributed by atoms with Gasteiger partial charge in [-0.15, -0.1) is 5.53 Å². The largest absolute Gasteiger partial charge is 0.478 e. The van der Waals surface area contributed by atoms with Gasteiger partial charge in [0.25, 0.3) is 0 Å². The lowest BCUT2D eigenvalue weighted by Crippen LogP contribution is -2.28. The standard InChI is InChI=1S/C19H15F2N3O2.C12H27N/c20-16-6-3-7-17(18(16)21)23-24-22-13-10-8-12(9-11-13)14-4-1-2-5-15(14)19(25)26;1-4-5-6-7-8-9-10-11-12-13(2)3/h1-11,22-24H,(H,25,26);4-12H2,1-3H3. The van der Waals surface area contributed by atoms with Gasteiger partial charge in [0, 0.05) is 0 Å². The van der Waals surface area contributed by atoms with Crippen LogP contribution in [0.4, 0.5) is 20.2 Å². The van der Waals surface area contributed by atoms with Crippen molar-refractivity contribution in [2.75, 3.05) is 31.5 Å². The monoisotopic (exact) mass is 540 g/mol. The minimum Gasteiger partial charge on any atom is -0.478 e. The number of carboxylic acid groups (broad SMARTS) is 1. The van der Waals surface area contributed by atoms with Crippen molar-refractivity contribution in [2.24, 2.45) is 0 Å². The van der Waals surface area contributed by atoms with E-state index in [1.807, 2.05) is 0 Å². The molecule has 4 N–H and O–H groups in total. The Labute approximate surface area is 231 Å². The van der Waals surface area contributed by atoms with Crippen LogP contribution in [0, 0.1) is 11.6 Å². The number of hydrogen-bond donors (Lipinski definition) is 4. The topological polar surface area (TPSA) is 76.6 Å². The highest BCUT2D eigenvalue weighted by molar-refractivity contribution is 5.96. The molecule has 0 saturated carbocycles. The van der Waals surface area contributed by atoms with Crippen LogP contribution in [0.5, 0.6) is 0 Å². The summed E-state index contributed by atoms with van der Waals surface area (Å²) in [5, 5.41) is 9.26. The number of nitrogens with zero attached hydrogens (tertiary/aromatic N) is 1. The molecule has 0 heterocycles. The summed E-state index contributed by atoms with van der Waals surface area (Å²) in [7, 11) is 4.31. The Kier molecular flexibility index (Phi) is 14.6. The fraction of sp³-hybridized carbons (Fsp3) is 0.387. The van der Waals surface area contributed by atoms with Crippen LogP contribution >= 0.6 is 0 Å². The molecule has 0 saturated heterocycles. The molecule has 3 aromatic carbocycles. The van der Waals surface area contributed by atoms with Crippen LogP contribution in [0.25, 0.3) is 11.1 Å². The molecule has 3 rings (SSSR count). The molecule has 0 unspecified atom stereocenters. The first-order valence-corrected chi connectivity index (χ1v) is 13.6. The number of nitrogens with one attached hydrogen (secondary N) is 3. The number of hydrogen-bond acceptors (Lipinski definition) is 5. The lowest BCUT2D eigenvalue weighted by atomic mass is 10.00. The number of carboxylic acids is 1. The summed E-state index contributed by atoms with van der Waals surface area (Å²) in [5.74, 6) is -2.92. The number of anilines is 2. The van der Waals surface area contributed by atoms with Crippen LogP contribution in [0.2, 0.25) is 0 Å². The van der Waals surface area contributed by atoms with E-state index in [-0.39, 0.29) is 11.3 Å². The maximum atomic E-state index is 13.5.